The standard InChI is InChI=1S/C12H12F3NO2/c13-12(14,15)10-7-16(11(17)8-18-10)6-9-4-2-1-3-5-9/h1-5,10H,6-8H2/t10-/m0/s1. The van der Waals surface area contributed by atoms with Crippen molar-refractivity contribution in [3.63, 3.8) is 0 Å². The number of amides is 1. The van der Waals surface area contributed by atoms with Gasteiger partial charge in [-0.1, -0.05) is 30.3 Å². The van der Waals surface area contributed by atoms with E-state index in [4.69, 9.17) is 0 Å². The second-order valence-electron chi connectivity index (χ2n) is 4.10. The largest absolute Gasteiger partial charge is 0.416 e. The molecule has 1 aliphatic rings. The molecule has 0 unspecified atom stereocenters. The Morgan fingerprint density at radius 3 is 2.56 bits per heavy atom. The highest BCUT2D eigenvalue weighted by molar-refractivity contribution is 5.78. The smallest absolute Gasteiger partial charge is 0.357 e. The van der Waals surface area contributed by atoms with Gasteiger partial charge in [0, 0.05) is 6.54 Å². The number of nitrogens with zero attached hydrogens (tertiary/aromatic N) is 1. The van der Waals surface area contributed by atoms with Crippen LogP contribution in [-0.4, -0.2) is 36.2 Å². The summed E-state index contributed by atoms with van der Waals surface area (Å²) in [4.78, 5) is 12.7. The summed E-state index contributed by atoms with van der Waals surface area (Å²) in [6, 6.07) is 8.91. The Morgan fingerprint density at radius 2 is 1.94 bits per heavy atom. The highest BCUT2D eigenvalue weighted by Gasteiger charge is 2.45. The van der Waals surface area contributed by atoms with Gasteiger partial charge in [0.05, 0.1) is 6.54 Å². The molecule has 1 saturated heterocycles. The fraction of sp³-hybridized carbons (Fsp3) is 0.417. The molecule has 98 valence electrons. The lowest BCUT2D eigenvalue weighted by atomic mass is 10.2. The zero-order chi connectivity index (χ0) is 13.2. The summed E-state index contributed by atoms with van der Waals surface area (Å²) in [5.74, 6) is -0.417. The minimum Gasteiger partial charge on any atom is -0.357 e. The summed E-state index contributed by atoms with van der Waals surface area (Å²) in [6.07, 6.45) is -6.32. The highest BCUT2D eigenvalue weighted by atomic mass is 19.4. The van der Waals surface area contributed by atoms with Gasteiger partial charge in [-0.3, -0.25) is 4.79 Å². The summed E-state index contributed by atoms with van der Waals surface area (Å²) >= 11 is 0. The first kappa shape index (κ1) is 12.9. The second kappa shape index (κ2) is 4.97. The Balaban J connectivity index is 2.05. The average molecular weight is 259 g/mol. The number of rotatable bonds is 2. The molecule has 1 fully saturated rings. The molecule has 0 aliphatic carbocycles. The van der Waals surface area contributed by atoms with Gasteiger partial charge in [-0.05, 0) is 5.56 Å². The van der Waals surface area contributed by atoms with Crippen molar-refractivity contribution in [1.29, 1.82) is 0 Å². The minimum atomic E-state index is -4.43. The van der Waals surface area contributed by atoms with Gasteiger partial charge in [-0.15, -0.1) is 0 Å². The van der Waals surface area contributed by atoms with Crippen molar-refractivity contribution in [2.75, 3.05) is 13.2 Å². The number of ether oxygens (including phenoxy) is 1. The lowest BCUT2D eigenvalue weighted by Crippen LogP contribution is -2.51. The number of halogens is 3. The third-order valence-corrected chi connectivity index (χ3v) is 2.73. The van der Waals surface area contributed by atoms with Crippen LogP contribution in [0, 0.1) is 0 Å². The molecular formula is C12H12F3NO2. The van der Waals surface area contributed by atoms with E-state index in [1.54, 1.807) is 24.3 Å². The van der Waals surface area contributed by atoms with Gasteiger partial charge in [-0.25, -0.2) is 0 Å². The fourth-order valence-corrected chi connectivity index (χ4v) is 1.77. The summed E-state index contributed by atoms with van der Waals surface area (Å²) in [5, 5.41) is 0. The summed E-state index contributed by atoms with van der Waals surface area (Å²) < 4.78 is 42.1. The van der Waals surface area contributed by atoms with Gasteiger partial charge in [0.25, 0.3) is 0 Å². The van der Waals surface area contributed by atoms with Gasteiger partial charge in [0.15, 0.2) is 6.10 Å². The van der Waals surface area contributed by atoms with Crippen LogP contribution in [0.4, 0.5) is 13.2 Å². The zero-order valence-corrected chi connectivity index (χ0v) is 9.48. The van der Waals surface area contributed by atoms with Crippen LogP contribution in [0.15, 0.2) is 30.3 Å². The quantitative estimate of drug-likeness (QED) is 0.812. The van der Waals surface area contributed by atoms with E-state index in [-0.39, 0.29) is 6.54 Å². The van der Waals surface area contributed by atoms with Gasteiger partial charge >= 0.3 is 6.18 Å². The van der Waals surface area contributed by atoms with Crippen LogP contribution >= 0.6 is 0 Å². The first-order chi connectivity index (χ1) is 8.47. The van der Waals surface area contributed by atoms with Crippen molar-refractivity contribution in [3.8, 4) is 0 Å². The molecule has 2 rings (SSSR count). The molecule has 0 aromatic heterocycles. The van der Waals surface area contributed by atoms with E-state index in [1.165, 1.54) is 4.90 Å². The number of hydrogen-bond acceptors (Lipinski definition) is 2. The molecule has 1 amide bonds. The molecule has 18 heavy (non-hydrogen) atoms. The van der Waals surface area contributed by atoms with E-state index >= 15 is 0 Å². The Bertz CT molecular complexity index is 419. The summed E-state index contributed by atoms with van der Waals surface area (Å²) in [7, 11) is 0. The Morgan fingerprint density at radius 1 is 1.28 bits per heavy atom. The van der Waals surface area contributed by atoms with Crippen LogP contribution in [-0.2, 0) is 16.1 Å². The topological polar surface area (TPSA) is 29.5 Å². The third-order valence-electron chi connectivity index (χ3n) is 2.73. The normalized spacial score (nSPS) is 21.2. The Hall–Kier alpha value is -1.56. The van der Waals surface area contributed by atoms with Crippen LogP contribution in [0.3, 0.4) is 0 Å². The fourth-order valence-electron chi connectivity index (χ4n) is 1.77. The maximum absolute atomic E-state index is 12.5. The Labute approximate surface area is 102 Å². The molecule has 0 saturated carbocycles. The minimum absolute atomic E-state index is 0.176. The molecule has 0 N–H and O–H groups in total. The van der Waals surface area contributed by atoms with E-state index in [2.05, 4.69) is 4.74 Å². The van der Waals surface area contributed by atoms with Crippen molar-refractivity contribution in [3.05, 3.63) is 35.9 Å². The van der Waals surface area contributed by atoms with Gasteiger partial charge in [-0.2, -0.15) is 13.2 Å². The van der Waals surface area contributed by atoms with Gasteiger partial charge < -0.3 is 9.64 Å². The number of carbonyl (C=O) groups excluding carboxylic acids is 1. The molecule has 1 heterocycles. The predicted octanol–water partition coefficient (Wildman–Crippen LogP) is 1.98. The molecule has 1 aromatic rings. The summed E-state index contributed by atoms with van der Waals surface area (Å²) in [5.41, 5.74) is 0.800. The zero-order valence-electron chi connectivity index (χ0n) is 9.48. The number of alkyl halides is 3. The second-order valence-corrected chi connectivity index (χ2v) is 4.10. The SMILES string of the molecule is O=C1CO[C@H](C(F)(F)F)CN1Cc1ccccc1. The molecule has 1 aliphatic heterocycles. The lowest BCUT2D eigenvalue weighted by molar-refractivity contribution is -0.235. The molecule has 0 spiro atoms. The maximum Gasteiger partial charge on any atom is 0.416 e. The van der Waals surface area contributed by atoms with Crippen molar-refractivity contribution in [2.45, 2.75) is 18.8 Å². The van der Waals surface area contributed by atoms with Crippen molar-refractivity contribution >= 4 is 5.91 Å². The van der Waals surface area contributed by atoms with E-state index in [0.717, 1.165) is 5.56 Å². The van der Waals surface area contributed by atoms with Gasteiger partial charge in [0.2, 0.25) is 5.91 Å². The maximum atomic E-state index is 12.5. The van der Waals surface area contributed by atoms with Gasteiger partial charge in [0.1, 0.15) is 6.61 Å². The average Bonchev–Trinajstić information content (AvgIpc) is 2.32. The van der Waals surface area contributed by atoms with E-state index < -0.39 is 31.3 Å². The molecular weight excluding hydrogens is 247 g/mol. The van der Waals surface area contributed by atoms with E-state index in [1.807, 2.05) is 6.07 Å². The molecule has 1 atom stereocenters. The highest BCUT2D eigenvalue weighted by Crippen LogP contribution is 2.26. The number of carbonyl (C=O) groups is 1. The lowest BCUT2D eigenvalue weighted by Gasteiger charge is -2.33. The van der Waals surface area contributed by atoms with E-state index in [9.17, 15) is 18.0 Å². The first-order valence-electron chi connectivity index (χ1n) is 5.47. The predicted molar refractivity (Wildman–Crippen MR) is 57.7 cm³/mol. The monoisotopic (exact) mass is 259 g/mol. The Kier molecular flexibility index (Phi) is 3.56. The van der Waals surface area contributed by atoms with Crippen LogP contribution in [0.1, 0.15) is 5.56 Å². The number of morpholine rings is 1. The van der Waals surface area contributed by atoms with Crippen LogP contribution in [0.5, 0.6) is 0 Å². The first-order valence-corrected chi connectivity index (χ1v) is 5.47. The van der Waals surface area contributed by atoms with Crippen molar-refractivity contribution in [1.82, 2.24) is 4.90 Å². The van der Waals surface area contributed by atoms with Crippen LogP contribution in [0.2, 0.25) is 0 Å². The van der Waals surface area contributed by atoms with Crippen LogP contribution in [0.25, 0.3) is 0 Å². The summed E-state index contributed by atoms with van der Waals surface area (Å²) in [6.45, 7) is -0.788. The van der Waals surface area contributed by atoms with Crippen molar-refractivity contribution < 1.29 is 22.7 Å². The molecule has 6 heteroatoms. The van der Waals surface area contributed by atoms with Crippen LogP contribution < -0.4 is 0 Å². The number of benzene rings is 1. The van der Waals surface area contributed by atoms with Crippen molar-refractivity contribution in [2.24, 2.45) is 0 Å². The molecule has 3 nitrogen and oxygen atoms in total. The molecule has 1 aromatic carbocycles. The van der Waals surface area contributed by atoms with E-state index in [0.29, 0.717) is 0 Å². The molecule has 0 bridgehead atoms. The molecule has 0 radical (unpaired) electrons. The third kappa shape index (κ3) is 3.01. The number of hydrogen-bond donors (Lipinski definition) is 0.